The molecule has 0 spiro atoms. The van der Waals surface area contributed by atoms with Crippen LogP contribution in [0.1, 0.15) is 19.4 Å². The molecule has 1 aromatic heterocycles. The minimum Gasteiger partial charge on any atom is -0.236 e. The van der Waals surface area contributed by atoms with Gasteiger partial charge in [0.1, 0.15) is 11.5 Å². The van der Waals surface area contributed by atoms with Crippen LogP contribution in [0, 0.1) is 5.92 Å². The lowest BCUT2D eigenvalue weighted by Crippen LogP contribution is -1.94. The molecule has 0 saturated heterocycles. The van der Waals surface area contributed by atoms with Gasteiger partial charge in [0.05, 0.1) is 5.52 Å². The molecule has 2 nitrogen and oxygen atoms in total. The predicted molar refractivity (Wildman–Crippen MR) is 63.1 cm³/mol. The first-order chi connectivity index (χ1) is 7.16. The number of aromatic nitrogens is 2. The molecule has 0 aliphatic rings. The van der Waals surface area contributed by atoms with Gasteiger partial charge >= 0.3 is 0 Å². The van der Waals surface area contributed by atoms with Crippen LogP contribution in [0.3, 0.4) is 0 Å². The standard InChI is InChI=1S/C12H13ClN2/c1-8(2)5-9-3-4-10-11(6-9)14-7-15-12(10)13/h3-4,6-8H,5H2,1-2H3. The molecule has 0 fully saturated rings. The fourth-order valence-corrected chi connectivity index (χ4v) is 1.87. The molecule has 1 heterocycles. The largest absolute Gasteiger partial charge is 0.236 e. The quantitative estimate of drug-likeness (QED) is 0.725. The van der Waals surface area contributed by atoms with Crippen molar-refractivity contribution >= 4 is 22.5 Å². The van der Waals surface area contributed by atoms with Gasteiger partial charge in [-0.05, 0) is 30.0 Å². The second-order valence-electron chi connectivity index (χ2n) is 4.11. The minimum absolute atomic E-state index is 0.524. The van der Waals surface area contributed by atoms with E-state index in [1.165, 1.54) is 11.9 Å². The van der Waals surface area contributed by atoms with Gasteiger partial charge in [0.15, 0.2) is 0 Å². The molecule has 2 aromatic rings. The van der Waals surface area contributed by atoms with Crippen LogP contribution in [0.4, 0.5) is 0 Å². The Morgan fingerprint density at radius 1 is 1.27 bits per heavy atom. The number of nitrogens with zero attached hydrogens (tertiary/aromatic N) is 2. The molecule has 0 bridgehead atoms. The molecule has 1 aromatic carbocycles. The van der Waals surface area contributed by atoms with Crippen LogP contribution < -0.4 is 0 Å². The highest BCUT2D eigenvalue weighted by molar-refractivity contribution is 6.33. The lowest BCUT2D eigenvalue weighted by Gasteiger charge is -2.06. The van der Waals surface area contributed by atoms with Crippen LogP contribution in [0.15, 0.2) is 24.5 Å². The molecule has 0 atom stereocenters. The Morgan fingerprint density at radius 3 is 2.80 bits per heavy atom. The maximum Gasteiger partial charge on any atom is 0.140 e. The molecule has 0 unspecified atom stereocenters. The number of hydrogen-bond donors (Lipinski definition) is 0. The third-order valence-electron chi connectivity index (χ3n) is 2.30. The molecule has 2 rings (SSSR count). The summed E-state index contributed by atoms with van der Waals surface area (Å²) in [5.41, 5.74) is 2.22. The smallest absolute Gasteiger partial charge is 0.140 e. The van der Waals surface area contributed by atoms with Crippen molar-refractivity contribution in [3.63, 3.8) is 0 Å². The highest BCUT2D eigenvalue weighted by Crippen LogP contribution is 2.21. The summed E-state index contributed by atoms with van der Waals surface area (Å²) >= 11 is 5.96. The number of fused-ring (bicyclic) bond motifs is 1. The molecular weight excluding hydrogens is 208 g/mol. The zero-order valence-electron chi connectivity index (χ0n) is 8.87. The van der Waals surface area contributed by atoms with E-state index in [1.807, 2.05) is 6.07 Å². The van der Waals surface area contributed by atoms with Gasteiger partial charge in [0.25, 0.3) is 0 Å². The summed E-state index contributed by atoms with van der Waals surface area (Å²) in [5, 5.41) is 1.45. The molecule has 0 saturated carbocycles. The third kappa shape index (κ3) is 2.26. The summed E-state index contributed by atoms with van der Waals surface area (Å²) in [6.45, 7) is 4.41. The lowest BCUT2D eigenvalue weighted by atomic mass is 10.0. The van der Waals surface area contributed by atoms with E-state index in [1.54, 1.807) is 0 Å². The first kappa shape index (κ1) is 10.4. The van der Waals surface area contributed by atoms with Gasteiger partial charge < -0.3 is 0 Å². The molecule has 0 N–H and O–H groups in total. The van der Waals surface area contributed by atoms with E-state index in [-0.39, 0.29) is 0 Å². The van der Waals surface area contributed by atoms with E-state index in [4.69, 9.17) is 11.6 Å². The monoisotopic (exact) mass is 220 g/mol. The highest BCUT2D eigenvalue weighted by atomic mass is 35.5. The fraction of sp³-hybridized carbons (Fsp3) is 0.333. The second-order valence-corrected chi connectivity index (χ2v) is 4.47. The van der Waals surface area contributed by atoms with Crippen molar-refractivity contribution in [2.75, 3.05) is 0 Å². The predicted octanol–water partition coefficient (Wildman–Crippen LogP) is 3.48. The van der Waals surface area contributed by atoms with Crippen LogP contribution in [0.2, 0.25) is 5.15 Å². The molecular formula is C12H13ClN2. The number of benzene rings is 1. The second kappa shape index (κ2) is 4.15. The molecule has 3 heteroatoms. The van der Waals surface area contributed by atoms with Gasteiger partial charge in [-0.1, -0.05) is 31.5 Å². The van der Waals surface area contributed by atoms with Gasteiger partial charge in [-0.15, -0.1) is 0 Å². The zero-order chi connectivity index (χ0) is 10.8. The van der Waals surface area contributed by atoms with Crippen molar-refractivity contribution in [3.8, 4) is 0 Å². The third-order valence-corrected chi connectivity index (χ3v) is 2.60. The van der Waals surface area contributed by atoms with Crippen molar-refractivity contribution in [1.82, 2.24) is 9.97 Å². The Hall–Kier alpha value is -1.15. The number of rotatable bonds is 2. The minimum atomic E-state index is 0.524. The summed E-state index contributed by atoms with van der Waals surface area (Å²) in [7, 11) is 0. The first-order valence-corrected chi connectivity index (χ1v) is 5.44. The normalized spacial score (nSPS) is 11.2. The summed E-state index contributed by atoms with van der Waals surface area (Å²) in [6.07, 6.45) is 2.57. The number of hydrogen-bond acceptors (Lipinski definition) is 2. The maximum atomic E-state index is 5.96. The van der Waals surface area contributed by atoms with Gasteiger partial charge in [-0.2, -0.15) is 0 Å². The van der Waals surface area contributed by atoms with Crippen molar-refractivity contribution in [2.24, 2.45) is 5.92 Å². The van der Waals surface area contributed by atoms with E-state index in [0.717, 1.165) is 17.3 Å². The summed E-state index contributed by atoms with van der Waals surface area (Å²) in [6, 6.07) is 6.18. The van der Waals surface area contributed by atoms with Gasteiger partial charge in [-0.3, -0.25) is 0 Å². The van der Waals surface area contributed by atoms with Crippen LogP contribution >= 0.6 is 11.6 Å². The Balaban J connectivity index is 2.48. The number of halogens is 1. The van der Waals surface area contributed by atoms with Crippen LogP contribution in [-0.4, -0.2) is 9.97 Å². The van der Waals surface area contributed by atoms with Crippen LogP contribution in [-0.2, 0) is 6.42 Å². The Kier molecular flexibility index (Phi) is 2.87. The highest BCUT2D eigenvalue weighted by Gasteiger charge is 2.03. The summed E-state index contributed by atoms with van der Waals surface area (Å²) < 4.78 is 0. The molecule has 0 aliphatic carbocycles. The van der Waals surface area contributed by atoms with Crippen LogP contribution in [0.25, 0.3) is 10.9 Å². The Morgan fingerprint density at radius 2 is 2.07 bits per heavy atom. The molecule has 0 amide bonds. The molecule has 0 radical (unpaired) electrons. The van der Waals surface area contributed by atoms with Gasteiger partial charge in [0, 0.05) is 5.39 Å². The fourth-order valence-electron chi connectivity index (χ4n) is 1.67. The van der Waals surface area contributed by atoms with Gasteiger partial charge in [0.2, 0.25) is 0 Å². The summed E-state index contributed by atoms with van der Waals surface area (Å²) in [4.78, 5) is 8.17. The van der Waals surface area contributed by atoms with Crippen molar-refractivity contribution < 1.29 is 0 Å². The van der Waals surface area contributed by atoms with Crippen LogP contribution in [0.5, 0.6) is 0 Å². The van der Waals surface area contributed by atoms with E-state index in [9.17, 15) is 0 Å². The maximum absolute atomic E-state index is 5.96. The first-order valence-electron chi connectivity index (χ1n) is 5.06. The SMILES string of the molecule is CC(C)Cc1ccc2c(Cl)ncnc2c1. The van der Waals surface area contributed by atoms with Gasteiger partial charge in [-0.25, -0.2) is 9.97 Å². The van der Waals surface area contributed by atoms with E-state index >= 15 is 0 Å². The zero-order valence-corrected chi connectivity index (χ0v) is 9.62. The van der Waals surface area contributed by atoms with E-state index in [2.05, 4.69) is 35.9 Å². The van der Waals surface area contributed by atoms with E-state index in [0.29, 0.717) is 11.1 Å². The molecule has 0 aliphatic heterocycles. The molecule has 15 heavy (non-hydrogen) atoms. The topological polar surface area (TPSA) is 25.8 Å². The lowest BCUT2D eigenvalue weighted by molar-refractivity contribution is 0.647. The Labute approximate surface area is 94.3 Å². The summed E-state index contributed by atoms with van der Waals surface area (Å²) in [5.74, 6) is 0.653. The van der Waals surface area contributed by atoms with Crippen molar-refractivity contribution in [3.05, 3.63) is 35.2 Å². The Bertz CT molecular complexity index is 480. The molecule has 78 valence electrons. The average Bonchev–Trinajstić information content (AvgIpc) is 2.17. The average molecular weight is 221 g/mol. The van der Waals surface area contributed by atoms with E-state index < -0.39 is 0 Å². The van der Waals surface area contributed by atoms with Crippen molar-refractivity contribution in [2.45, 2.75) is 20.3 Å². The van der Waals surface area contributed by atoms with Crippen molar-refractivity contribution in [1.29, 1.82) is 0 Å².